The minimum absolute atomic E-state index is 0.0484. The van der Waals surface area contributed by atoms with Crippen molar-refractivity contribution in [3.63, 3.8) is 0 Å². The largest absolute Gasteiger partial charge is 0.361 e. The second kappa shape index (κ2) is 7.53. The molecule has 7 heteroatoms. The van der Waals surface area contributed by atoms with Gasteiger partial charge in [-0.15, -0.1) is 11.3 Å². The summed E-state index contributed by atoms with van der Waals surface area (Å²) in [6, 6.07) is 9.06. The molecule has 0 saturated carbocycles. The van der Waals surface area contributed by atoms with Gasteiger partial charge in [0, 0.05) is 31.6 Å². The molecule has 132 valence electrons. The summed E-state index contributed by atoms with van der Waals surface area (Å²) in [4.78, 5) is 17.1. The first-order valence-electron chi connectivity index (χ1n) is 8.16. The van der Waals surface area contributed by atoms with Crippen molar-refractivity contribution in [1.29, 1.82) is 0 Å². The Morgan fingerprint density at radius 1 is 1.32 bits per heavy atom. The van der Waals surface area contributed by atoms with E-state index in [1.54, 1.807) is 0 Å². The summed E-state index contributed by atoms with van der Waals surface area (Å²) < 4.78 is 8.58. The van der Waals surface area contributed by atoms with E-state index in [9.17, 15) is 4.79 Å². The maximum atomic E-state index is 12.8. The lowest BCUT2D eigenvalue weighted by molar-refractivity contribution is 0.0899. The molecular weight excluding hydrogens is 416 g/mol. The number of hydrogen-bond acceptors (Lipinski definition) is 4. The van der Waals surface area contributed by atoms with E-state index in [0.717, 1.165) is 23.6 Å². The third-order valence-electron chi connectivity index (χ3n) is 3.93. The Balaban J connectivity index is 1.84. The smallest absolute Gasteiger partial charge is 0.223 e. The van der Waals surface area contributed by atoms with Gasteiger partial charge in [0.05, 0.1) is 11.1 Å². The van der Waals surface area contributed by atoms with Crippen LogP contribution in [-0.4, -0.2) is 30.0 Å². The van der Waals surface area contributed by atoms with Crippen molar-refractivity contribution >= 4 is 52.0 Å². The van der Waals surface area contributed by atoms with Crippen LogP contribution in [0.2, 0.25) is 25.7 Å². The van der Waals surface area contributed by atoms with Crippen molar-refractivity contribution < 1.29 is 9.53 Å². The molecule has 0 aliphatic heterocycles. The van der Waals surface area contributed by atoms with Crippen LogP contribution in [0.3, 0.4) is 0 Å². The number of nitrogens with zero attached hydrogens (tertiary/aromatic N) is 2. The molecule has 25 heavy (non-hydrogen) atoms. The summed E-state index contributed by atoms with van der Waals surface area (Å²) >= 11 is 4.66. The van der Waals surface area contributed by atoms with E-state index in [2.05, 4.69) is 40.6 Å². The zero-order chi connectivity index (χ0) is 18.0. The van der Waals surface area contributed by atoms with Crippen LogP contribution in [0.5, 0.6) is 0 Å². The molecule has 4 nitrogen and oxygen atoms in total. The zero-order valence-electron chi connectivity index (χ0n) is 14.6. The van der Waals surface area contributed by atoms with Gasteiger partial charge in [-0.2, -0.15) is 0 Å². The molecule has 0 radical (unpaired) electrons. The third-order valence-corrected chi connectivity index (χ3v) is 7.18. The van der Waals surface area contributed by atoms with Gasteiger partial charge in [-0.25, -0.2) is 4.98 Å². The number of halogens is 1. The second-order valence-electron chi connectivity index (χ2n) is 7.18. The van der Waals surface area contributed by atoms with Gasteiger partial charge in [0.15, 0.2) is 5.01 Å². The van der Waals surface area contributed by atoms with Gasteiger partial charge < -0.3 is 9.30 Å². The fourth-order valence-corrected chi connectivity index (χ4v) is 4.51. The first kappa shape index (κ1) is 18.5. The summed E-state index contributed by atoms with van der Waals surface area (Å²) in [5, 5.41) is 3.26. The maximum Gasteiger partial charge on any atom is 0.223 e. The lowest BCUT2D eigenvalue weighted by Crippen LogP contribution is -2.21. The molecule has 0 unspecified atom stereocenters. The van der Waals surface area contributed by atoms with Crippen molar-refractivity contribution in [2.24, 2.45) is 0 Å². The number of hydrogen-bond donors (Lipinski definition) is 0. The van der Waals surface area contributed by atoms with Gasteiger partial charge in [-0.3, -0.25) is 4.79 Å². The molecule has 2 aromatic heterocycles. The van der Waals surface area contributed by atoms with Crippen LogP contribution in [0.1, 0.15) is 15.4 Å². The molecule has 0 aliphatic rings. The minimum Gasteiger partial charge on any atom is -0.361 e. The number of para-hydroxylation sites is 1. The number of carbonyl (C=O) groups is 1. The van der Waals surface area contributed by atoms with Crippen molar-refractivity contribution in [3.05, 3.63) is 51.0 Å². The number of ketones is 1. The second-order valence-corrected chi connectivity index (χ2v) is 14.5. The monoisotopic (exact) mass is 436 g/mol. The van der Waals surface area contributed by atoms with Crippen LogP contribution in [0.15, 0.2) is 40.4 Å². The highest BCUT2D eigenvalue weighted by molar-refractivity contribution is 9.10. The van der Waals surface area contributed by atoms with E-state index >= 15 is 0 Å². The standard InChI is InChI=1S/C18H21BrN2O2SSi/c1-25(2,3)9-8-23-12-21-10-14(13-6-4-5-7-15(13)21)17(22)18-20-16(19)11-24-18/h4-7,10-11H,8-9,12H2,1-3H3. The fourth-order valence-electron chi connectivity index (χ4n) is 2.55. The number of fused-ring (bicyclic) bond motifs is 1. The summed E-state index contributed by atoms with van der Waals surface area (Å²) in [6.45, 7) is 8.23. The minimum atomic E-state index is -1.10. The molecule has 0 atom stereocenters. The van der Waals surface area contributed by atoms with Crippen molar-refractivity contribution in [2.45, 2.75) is 32.4 Å². The van der Waals surface area contributed by atoms with Gasteiger partial charge in [-0.1, -0.05) is 37.8 Å². The van der Waals surface area contributed by atoms with E-state index in [1.165, 1.54) is 11.3 Å². The van der Waals surface area contributed by atoms with E-state index in [1.807, 2.05) is 40.4 Å². The average molecular weight is 437 g/mol. The number of ether oxygens (including phenoxy) is 1. The summed E-state index contributed by atoms with van der Waals surface area (Å²) in [5.41, 5.74) is 1.68. The molecule has 1 aromatic carbocycles. The molecule has 3 aromatic rings. The molecule has 0 aliphatic carbocycles. The van der Waals surface area contributed by atoms with Crippen LogP contribution in [0.25, 0.3) is 10.9 Å². The first-order chi connectivity index (χ1) is 11.8. The van der Waals surface area contributed by atoms with E-state index in [4.69, 9.17) is 4.74 Å². The Morgan fingerprint density at radius 3 is 2.76 bits per heavy atom. The van der Waals surface area contributed by atoms with Gasteiger partial charge in [0.2, 0.25) is 5.78 Å². The lowest BCUT2D eigenvalue weighted by Gasteiger charge is -2.15. The molecular formula is C18H21BrN2O2SSi. The van der Waals surface area contributed by atoms with E-state index < -0.39 is 8.07 Å². The average Bonchev–Trinajstić information content (AvgIpc) is 3.14. The number of carbonyl (C=O) groups excluding carboxylic acids is 1. The van der Waals surface area contributed by atoms with Crippen LogP contribution >= 0.6 is 27.3 Å². The maximum absolute atomic E-state index is 12.8. The Hall–Kier alpha value is -1.28. The molecule has 0 spiro atoms. The fraction of sp³-hybridized carbons (Fsp3) is 0.333. The Kier molecular flexibility index (Phi) is 5.58. The highest BCUT2D eigenvalue weighted by Crippen LogP contribution is 2.26. The number of benzene rings is 1. The molecule has 0 N–H and O–H groups in total. The van der Waals surface area contributed by atoms with Crippen LogP contribution < -0.4 is 0 Å². The normalized spacial score (nSPS) is 12.0. The number of aromatic nitrogens is 2. The Morgan fingerprint density at radius 2 is 2.08 bits per heavy atom. The molecule has 2 heterocycles. The van der Waals surface area contributed by atoms with Crippen LogP contribution in [0.4, 0.5) is 0 Å². The topological polar surface area (TPSA) is 44.1 Å². The highest BCUT2D eigenvalue weighted by atomic mass is 79.9. The van der Waals surface area contributed by atoms with Gasteiger partial charge in [-0.05, 0) is 28.0 Å². The Labute approximate surface area is 161 Å². The molecule has 0 bridgehead atoms. The predicted molar refractivity (Wildman–Crippen MR) is 109 cm³/mol. The summed E-state index contributed by atoms with van der Waals surface area (Å²) in [7, 11) is -1.10. The Bertz CT molecular complexity index is 898. The molecule has 3 rings (SSSR count). The molecule has 0 amide bonds. The quantitative estimate of drug-likeness (QED) is 0.282. The van der Waals surface area contributed by atoms with Gasteiger partial charge in [0.25, 0.3) is 0 Å². The highest BCUT2D eigenvalue weighted by Gasteiger charge is 2.19. The van der Waals surface area contributed by atoms with Crippen molar-refractivity contribution in [1.82, 2.24) is 9.55 Å². The third kappa shape index (κ3) is 4.47. The lowest BCUT2D eigenvalue weighted by atomic mass is 10.1. The summed E-state index contributed by atoms with van der Waals surface area (Å²) in [5.74, 6) is -0.0484. The van der Waals surface area contributed by atoms with E-state index in [0.29, 0.717) is 21.9 Å². The number of rotatable bonds is 7. The SMILES string of the molecule is C[Si](C)(C)CCOCn1cc(C(=O)c2nc(Br)cs2)c2ccccc21. The van der Waals surface area contributed by atoms with E-state index in [-0.39, 0.29) is 5.78 Å². The summed E-state index contributed by atoms with van der Waals surface area (Å²) in [6.07, 6.45) is 1.89. The zero-order valence-corrected chi connectivity index (χ0v) is 18.0. The van der Waals surface area contributed by atoms with Crippen molar-refractivity contribution in [2.75, 3.05) is 6.61 Å². The van der Waals surface area contributed by atoms with Gasteiger partial charge in [0.1, 0.15) is 11.3 Å². The first-order valence-corrected chi connectivity index (χ1v) is 13.5. The number of thiazole rings is 1. The van der Waals surface area contributed by atoms with Gasteiger partial charge >= 0.3 is 0 Å². The predicted octanol–water partition coefficient (Wildman–Crippen LogP) is 5.40. The molecule has 0 fully saturated rings. The van der Waals surface area contributed by atoms with Crippen LogP contribution in [-0.2, 0) is 11.5 Å². The molecule has 0 saturated heterocycles. The van der Waals surface area contributed by atoms with Crippen molar-refractivity contribution in [3.8, 4) is 0 Å². The van der Waals surface area contributed by atoms with Crippen LogP contribution in [0, 0.1) is 0 Å².